The molecule has 1 unspecified atom stereocenters. The first-order chi connectivity index (χ1) is 12.0. The second-order valence-corrected chi connectivity index (χ2v) is 6.61. The topological polar surface area (TPSA) is 69.6 Å². The molecule has 5 nitrogen and oxygen atoms in total. The molecule has 6 heteroatoms. The Bertz CT molecular complexity index is 822. The predicted octanol–water partition coefficient (Wildman–Crippen LogP) is 3.81. The van der Waals surface area contributed by atoms with Gasteiger partial charge in [0.1, 0.15) is 0 Å². The predicted molar refractivity (Wildman–Crippen MR) is 98.5 cm³/mol. The van der Waals surface area contributed by atoms with Crippen LogP contribution in [0.5, 0.6) is 0 Å². The van der Waals surface area contributed by atoms with E-state index in [1.54, 1.807) is 19.1 Å². The quantitative estimate of drug-likeness (QED) is 0.871. The van der Waals surface area contributed by atoms with Gasteiger partial charge in [0.15, 0.2) is 0 Å². The first-order valence-corrected chi connectivity index (χ1v) is 8.48. The van der Waals surface area contributed by atoms with Crippen molar-refractivity contribution < 1.29 is 14.7 Å². The Labute approximate surface area is 151 Å². The lowest BCUT2D eigenvalue weighted by Crippen LogP contribution is -2.27. The summed E-state index contributed by atoms with van der Waals surface area (Å²) in [5, 5.41) is 12.6. The van der Waals surface area contributed by atoms with Crippen LogP contribution in [0, 0.1) is 12.8 Å². The fourth-order valence-electron chi connectivity index (χ4n) is 3.07. The van der Waals surface area contributed by atoms with E-state index >= 15 is 0 Å². The van der Waals surface area contributed by atoms with Gasteiger partial charge in [-0.05, 0) is 49.2 Å². The zero-order valence-corrected chi connectivity index (χ0v) is 14.6. The number of anilines is 2. The van der Waals surface area contributed by atoms with E-state index in [1.807, 2.05) is 24.3 Å². The fourth-order valence-corrected chi connectivity index (χ4v) is 3.33. The van der Waals surface area contributed by atoms with Crippen LogP contribution >= 0.6 is 11.6 Å². The van der Waals surface area contributed by atoms with Gasteiger partial charge in [-0.15, -0.1) is 0 Å². The Hall–Kier alpha value is -2.53. The number of nitrogens with one attached hydrogen (secondary N) is 1. The number of para-hydroxylation sites is 1. The van der Waals surface area contributed by atoms with E-state index in [4.69, 9.17) is 16.7 Å². The van der Waals surface area contributed by atoms with E-state index in [2.05, 4.69) is 10.2 Å². The molecule has 0 spiro atoms. The van der Waals surface area contributed by atoms with Crippen LogP contribution in [0.4, 0.5) is 11.4 Å². The maximum Gasteiger partial charge on any atom is 0.335 e. The van der Waals surface area contributed by atoms with Crippen molar-refractivity contribution in [1.29, 1.82) is 0 Å². The largest absolute Gasteiger partial charge is 0.478 e. The number of aromatic carboxylic acids is 1. The molecule has 1 aliphatic rings. The third-order valence-corrected chi connectivity index (χ3v) is 4.80. The SMILES string of the molecule is Cc1cc(C(=O)O)ccc1NC(=O)C1CCN(c2ccccc2Cl)C1. The van der Waals surface area contributed by atoms with E-state index in [1.165, 1.54) is 6.07 Å². The Morgan fingerprint density at radius 2 is 2.00 bits per heavy atom. The Morgan fingerprint density at radius 1 is 1.24 bits per heavy atom. The van der Waals surface area contributed by atoms with Crippen molar-refractivity contribution in [2.24, 2.45) is 5.92 Å². The van der Waals surface area contributed by atoms with Crippen molar-refractivity contribution >= 4 is 34.9 Å². The molecule has 1 amide bonds. The summed E-state index contributed by atoms with van der Waals surface area (Å²) in [6, 6.07) is 12.3. The van der Waals surface area contributed by atoms with Gasteiger partial charge in [-0.3, -0.25) is 4.79 Å². The van der Waals surface area contributed by atoms with Gasteiger partial charge in [0, 0.05) is 18.8 Å². The summed E-state index contributed by atoms with van der Waals surface area (Å²) in [6.07, 6.45) is 0.753. The van der Waals surface area contributed by atoms with Gasteiger partial charge >= 0.3 is 5.97 Å². The van der Waals surface area contributed by atoms with Gasteiger partial charge in [0.2, 0.25) is 5.91 Å². The van der Waals surface area contributed by atoms with Crippen LogP contribution in [0.25, 0.3) is 0 Å². The summed E-state index contributed by atoms with van der Waals surface area (Å²) in [7, 11) is 0. The summed E-state index contributed by atoms with van der Waals surface area (Å²) in [6.45, 7) is 3.17. The minimum Gasteiger partial charge on any atom is -0.478 e. The van der Waals surface area contributed by atoms with Gasteiger partial charge in [0.05, 0.1) is 22.2 Å². The molecule has 1 aliphatic heterocycles. The fraction of sp³-hybridized carbons (Fsp3) is 0.263. The van der Waals surface area contributed by atoms with Gasteiger partial charge < -0.3 is 15.3 Å². The number of nitrogens with zero attached hydrogens (tertiary/aromatic N) is 1. The minimum atomic E-state index is -0.979. The third kappa shape index (κ3) is 3.77. The lowest BCUT2D eigenvalue weighted by atomic mass is 10.1. The molecule has 3 rings (SSSR count). The Morgan fingerprint density at radius 3 is 2.68 bits per heavy atom. The number of amides is 1. The molecule has 1 atom stereocenters. The molecule has 0 saturated carbocycles. The van der Waals surface area contributed by atoms with Crippen LogP contribution in [-0.2, 0) is 4.79 Å². The van der Waals surface area contributed by atoms with Crippen molar-refractivity contribution in [1.82, 2.24) is 0 Å². The Kier molecular flexibility index (Phi) is 4.95. The van der Waals surface area contributed by atoms with Gasteiger partial charge in [0.25, 0.3) is 0 Å². The molecule has 2 aromatic carbocycles. The number of benzene rings is 2. The Balaban J connectivity index is 1.67. The van der Waals surface area contributed by atoms with Crippen LogP contribution in [0.15, 0.2) is 42.5 Å². The van der Waals surface area contributed by atoms with E-state index in [9.17, 15) is 9.59 Å². The number of carbonyl (C=O) groups excluding carboxylic acids is 1. The number of hydrogen-bond acceptors (Lipinski definition) is 3. The van der Waals surface area contributed by atoms with E-state index < -0.39 is 5.97 Å². The maximum absolute atomic E-state index is 12.6. The van der Waals surface area contributed by atoms with Gasteiger partial charge in [-0.1, -0.05) is 23.7 Å². The summed E-state index contributed by atoms with van der Waals surface area (Å²) < 4.78 is 0. The zero-order chi connectivity index (χ0) is 18.0. The standard InChI is InChI=1S/C19H19ClN2O3/c1-12-10-13(19(24)25)6-7-16(12)21-18(23)14-8-9-22(11-14)17-5-3-2-4-15(17)20/h2-7,10,14H,8-9,11H2,1H3,(H,21,23)(H,24,25). The highest BCUT2D eigenvalue weighted by atomic mass is 35.5. The normalized spacial score (nSPS) is 16.7. The van der Waals surface area contributed by atoms with Crippen molar-refractivity contribution in [3.8, 4) is 0 Å². The average Bonchev–Trinajstić information content (AvgIpc) is 3.07. The minimum absolute atomic E-state index is 0.0549. The highest BCUT2D eigenvalue weighted by Gasteiger charge is 2.29. The smallest absolute Gasteiger partial charge is 0.335 e. The number of aryl methyl sites for hydroxylation is 1. The summed E-state index contributed by atoms with van der Waals surface area (Å²) in [5.41, 5.74) is 2.53. The lowest BCUT2D eigenvalue weighted by molar-refractivity contribution is -0.119. The monoisotopic (exact) mass is 358 g/mol. The third-order valence-electron chi connectivity index (χ3n) is 4.48. The number of hydrogen-bond donors (Lipinski definition) is 2. The van der Waals surface area contributed by atoms with Crippen LogP contribution in [0.2, 0.25) is 5.02 Å². The average molecular weight is 359 g/mol. The van der Waals surface area contributed by atoms with Gasteiger partial charge in [-0.25, -0.2) is 4.79 Å². The number of carboxylic acids is 1. The van der Waals surface area contributed by atoms with Crippen LogP contribution in [0.3, 0.4) is 0 Å². The lowest BCUT2D eigenvalue weighted by Gasteiger charge is -2.20. The van der Waals surface area contributed by atoms with Crippen molar-refractivity contribution in [2.45, 2.75) is 13.3 Å². The maximum atomic E-state index is 12.6. The van der Waals surface area contributed by atoms with Crippen molar-refractivity contribution in [3.05, 3.63) is 58.6 Å². The number of carbonyl (C=O) groups is 2. The second-order valence-electron chi connectivity index (χ2n) is 6.21. The first-order valence-electron chi connectivity index (χ1n) is 8.10. The molecule has 130 valence electrons. The zero-order valence-electron chi connectivity index (χ0n) is 13.8. The number of halogens is 1. The molecule has 0 aliphatic carbocycles. The molecule has 0 radical (unpaired) electrons. The molecule has 2 N–H and O–H groups in total. The molecule has 25 heavy (non-hydrogen) atoms. The molecule has 1 saturated heterocycles. The van der Waals surface area contributed by atoms with Crippen LogP contribution < -0.4 is 10.2 Å². The molecular formula is C19H19ClN2O3. The molecule has 1 heterocycles. The summed E-state index contributed by atoms with van der Waals surface area (Å²) in [4.78, 5) is 25.7. The highest BCUT2D eigenvalue weighted by molar-refractivity contribution is 6.33. The molecule has 0 aromatic heterocycles. The van der Waals surface area contributed by atoms with Crippen LogP contribution in [0.1, 0.15) is 22.3 Å². The van der Waals surface area contributed by atoms with E-state index in [0.717, 1.165) is 24.2 Å². The van der Waals surface area contributed by atoms with Crippen molar-refractivity contribution in [2.75, 3.05) is 23.3 Å². The van der Waals surface area contributed by atoms with Crippen LogP contribution in [-0.4, -0.2) is 30.1 Å². The number of carboxylic acid groups (broad SMARTS) is 1. The molecule has 1 fully saturated rings. The van der Waals surface area contributed by atoms with E-state index in [-0.39, 0.29) is 17.4 Å². The summed E-state index contributed by atoms with van der Waals surface area (Å²) >= 11 is 6.23. The molecule has 2 aromatic rings. The van der Waals surface area contributed by atoms with Gasteiger partial charge in [-0.2, -0.15) is 0 Å². The van der Waals surface area contributed by atoms with Crippen molar-refractivity contribution in [3.63, 3.8) is 0 Å². The molecular weight excluding hydrogens is 340 g/mol. The second kappa shape index (κ2) is 7.15. The molecule has 0 bridgehead atoms. The highest BCUT2D eigenvalue weighted by Crippen LogP contribution is 2.30. The summed E-state index contributed by atoms with van der Waals surface area (Å²) in [5.74, 6) is -1.16. The first kappa shape index (κ1) is 17.3. The number of rotatable bonds is 4. The van der Waals surface area contributed by atoms with E-state index in [0.29, 0.717) is 17.3 Å².